The highest BCUT2D eigenvalue weighted by molar-refractivity contribution is 5.16. The molecule has 1 N–H and O–H groups in total. The molecule has 2 rings (SSSR count). The second-order valence-corrected chi connectivity index (χ2v) is 6.24. The molecule has 1 atom stereocenters. The van der Waals surface area contributed by atoms with Crippen molar-refractivity contribution in [3.8, 4) is 6.07 Å². The van der Waals surface area contributed by atoms with Crippen molar-refractivity contribution in [2.45, 2.75) is 70.4 Å². The van der Waals surface area contributed by atoms with E-state index in [1.807, 2.05) is 0 Å². The highest BCUT2D eigenvalue weighted by atomic mass is 15.2. The number of hydrogen-bond acceptors (Lipinski definition) is 3. The van der Waals surface area contributed by atoms with Crippen LogP contribution in [0.25, 0.3) is 0 Å². The van der Waals surface area contributed by atoms with Gasteiger partial charge in [0.05, 0.1) is 6.07 Å². The molecule has 2 aliphatic carbocycles. The molecule has 108 valence electrons. The van der Waals surface area contributed by atoms with Crippen LogP contribution in [0.3, 0.4) is 0 Å². The predicted octanol–water partition coefficient (Wildman–Crippen LogP) is 2.92. The van der Waals surface area contributed by atoms with Crippen LogP contribution in [0.4, 0.5) is 0 Å². The van der Waals surface area contributed by atoms with Gasteiger partial charge in [-0.15, -0.1) is 0 Å². The molecule has 2 aliphatic rings. The molecule has 0 aromatic rings. The molecular formula is C16H29N3. The van der Waals surface area contributed by atoms with Crippen LogP contribution in [0.5, 0.6) is 0 Å². The first-order valence-electron chi connectivity index (χ1n) is 8.16. The maximum Gasteiger partial charge on any atom is 0.122 e. The Morgan fingerprint density at radius 1 is 1.16 bits per heavy atom. The van der Waals surface area contributed by atoms with Gasteiger partial charge in [0.2, 0.25) is 0 Å². The third kappa shape index (κ3) is 3.49. The minimum absolute atomic E-state index is 0.289. The molecule has 1 unspecified atom stereocenters. The number of nitrogens with zero attached hydrogens (tertiary/aromatic N) is 2. The monoisotopic (exact) mass is 263 g/mol. The van der Waals surface area contributed by atoms with Crippen LogP contribution in [-0.2, 0) is 0 Å². The van der Waals surface area contributed by atoms with E-state index in [2.05, 4.69) is 30.1 Å². The molecule has 2 saturated carbocycles. The average molecular weight is 263 g/mol. The number of rotatable bonds is 7. The maximum absolute atomic E-state index is 9.72. The zero-order valence-electron chi connectivity index (χ0n) is 12.6. The van der Waals surface area contributed by atoms with Gasteiger partial charge in [0, 0.05) is 12.6 Å². The first kappa shape index (κ1) is 14.8. The SMILES string of the molecule is CCNC(C#N)(CN(CC)C1CCCCC1)C1CC1. The predicted molar refractivity (Wildman–Crippen MR) is 78.9 cm³/mol. The Morgan fingerprint density at radius 3 is 2.32 bits per heavy atom. The second kappa shape index (κ2) is 6.72. The quantitative estimate of drug-likeness (QED) is 0.767. The Balaban J connectivity index is 2.03. The van der Waals surface area contributed by atoms with Gasteiger partial charge >= 0.3 is 0 Å². The molecule has 0 heterocycles. The molecule has 0 radical (unpaired) electrons. The van der Waals surface area contributed by atoms with Crippen molar-refractivity contribution >= 4 is 0 Å². The van der Waals surface area contributed by atoms with Gasteiger partial charge in [0.15, 0.2) is 0 Å². The number of nitrogens with one attached hydrogen (secondary N) is 1. The van der Waals surface area contributed by atoms with Crippen molar-refractivity contribution in [1.82, 2.24) is 10.2 Å². The molecule has 3 heteroatoms. The Morgan fingerprint density at radius 2 is 1.84 bits per heavy atom. The van der Waals surface area contributed by atoms with Crippen molar-refractivity contribution in [2.75, 3.05) is 19.6 Å². The highest BCUT2D eigenvalue weighted by Crippen LogP contribution is 2.40. The zero-order chi connectivity index (χ0) is 13.7. The van der Waals surface area contributed by atoms with Crippen molar-refractivity contribution in [3.63, 3.8) is 0 Å². The number of likely N-dealkylation sites (N-methyl/N-ethyl adjacent to an activating group) is 2. The van der Waals surface area contributed by atoms with Gasteiger partial charge in [-0.1, -0.05) is 33.1 Å². The Kier molecular flexibility index (Phi) is 5.24. The van der Waals surface area contributed by atoms with Crippen LogP contribution in [0, 0.1) is 17.2 Å². The molecule has 19 heavy (non-hydrogen) atoms. The maximum atomic E-state index is 9.72. The molecule has 0 bridgehead atoms. The average Bonchev–Trinajstić information content (AvgIpc) is 3.29. The van der Waals surface area contributed by atoms with Crippen LogP contribution in [0.2, 0.25) is 0 Å². The van der Waals surface area contributed by atoms with Gasteiger partial charge in [-0.3, -0.25) is 10.2 Å². The smallest absolute Gasteiger partial charge is 0.122 e. The van der Waals surface area contributed by atoms with Crippen molar-refractivity contribution in [1.29, 1.82) is 5.26 Å². The van der Waals surface area contributed by atoms with Crippen molar-refractivity contribution < 1.29 is 0 Å². The van der Waals surface area contributed by atoms with Gasteiger partial charge in [0.25, 0.3) is 0 Å². The summed E-state index contributed by atoms with van der Waals surface area (Å²) < 4.78 is 0. The van der Waals surface area contributed by atoms with E-state index in [0.29, 0.717) is 12.0 Å². The number of nitriles is 1. The molecule has 2 fully saturated rings. The molecule has 0 aliphatic heterocycles. The fourth-order valence-corrected chi connectivity index (χ4v) is 3.65. The summed E-state index contributed by atoms with van der Waals surface area (Å²) in [4.78, 5) is 2.57. The molecule has 3 nitrogen and oxygen atoms in total. The zero-order valence-corrected chi connectivity index (χ0v) is 12.6. The van der Waals surface area contributed by atoms with Crippen LogP contribution in [0.1, 0.15) is 58.8 Å². The van der Waals surface area contributed by atoms with Gasteiger partial charge < -0.3 is 0 Å². The van der Waals surface area contributed by atoms with E-state index in [0.717, 1.165) is 19.6 Å². The summed E-state index contributed by atoms with van der Waals surface area (Å²) in [5.41, 5.74) is -0.289. The summed E-state index contributed by atoms with van der Waals surface area (Å²) in [6, 6.07) is 3.34. The fourth-order valence-electron chi connectivity index (χ4n) is 3.65. The van der Waals surface area contributed by atoms with Crippen molar-refractivity contribution in [3.05, 3.63) is 0 Å². The minimum Gasteiger partial charge on any atom is -0.298 e. The van der Waals surface area contributed by atoms with E-state index in [4.69, 9.17) is 0 Å². The number of hydrogen-bond donors (Lipinski definition) is 1. The minimum atomic E-state index is -0.289. The molecular weight excluding hydrogens is 234 g/mol. The van der Waals surface area contributed by atoms with E-state index in [1.54, 1.807) is 0 Å². The Bertz CT molecular complexity index is 312. The highest BCUT2D eigenvalue weighted by Gasteiger charge is 2.46. The standard InChI is InChI=1S/C16H29N3/c1-3-18-16(12-17,14-10-11-14)13-19(4-2)15-8-6-5-7-9-15/h14-15,18H,3-11,13H2,1-2H3. The lowest BCUT2D eigenvalue weighted by atomic mass is 9.89. The Labute approximate surface area is 118 Å². The lowest BCUT2D eigenvalue weighted by molar-refractivity contribution is 0.124. The molecule has 0 spiro atoms. The summed E-state index contributed by atoms with van der Waals surface area (Å²) in [6.07, 6.45) is 9.23. The third-order valence-corrected chi connectivity index (χ3v) is 4.92. The lowest BCUT2D eigenvalue weighted by Crippen LogP contribution is -2.56. The van der Waals surface area contributed by atoms with Crippen LogP contribution in [0.15, 0.2) is 0 Å². The van der Waals surface area contributed by atoms with Crippen molar-refractivity contribution in [2.24, 2.45) is 5.92 Å². The van der Waals surface area contributed by atoms with E-state index in [9.17, 15) is 5.26 Å². The van der Waals surface area contributed by atoms with Gasteiger partial charge in [-0.25, -0.2) is 0 Å². The molecule has 0 aromatic heterocycles. The normalized spacial score (nSPS) is 24.1. The summed E-state index contributed by atoms with van der Waals surface area (Å²) >= 11 is 0. The molecule has 0 amide bonds. The first-order valence-corrected chi connectivity index (χ1v) is 8.16. The van der Waals surface area contributed by atoms with E-state index >= 15 is 0 Å². The summed E-state index contributed by atoms with van der Waals surface area (Å²) in [5.74, 6) is 0.579. The van der Waals surface area contributed by atoms with Crippen LogP contribution >= 0.6 is 0 Å². The topological polar surface area (TPSA) is 39.1 Å². The fraction of sp³-hybridized carbons (Fsp3) is 0.938. The van der Waals surface area contributed by atoms with E-state index in [-0.39, 0.29) is 5.54 Å². The second-order valence-electron chi connectivity index (χ2n) is 6.24. The molecule has 0 aromatic carbocycles. The van der Waals surface area contributed by atoms with Crippen LogP contribution in [-0.4, -0.2) is 36.1 Å². The summed E-state index contributed by atoms with van der Waals surface area (Å²) in [6.45, 7) is 7.25. The third-order valence-electron chi connectivity index (χ3n) is 4.92. The summed E-state index contributed by atoms with van der Waals surface area (Å²) in [5, 5.41) is 13.2. The largest absolute Gasteiger partial charge is 0.298 e. The van der Waals surface area contributed by atoms with E-state index in [1.165, 1.54) is 44.9 Å². The summed E-state index contributed by atoms with van der Waals surface area (Å²) in [7, 11) is 0. The Hall–Kier alpha value is -0.590. The van der Waals surface area contributed by atoms with E-state index < -0.39 is 0 Å². The molecule has 0 saturated heterocycles. The van der Waals surface area contributed by atoms with Gasteiger partial charge in [-0.2, -0.15) is 5.26 Å². The first-order chi connectivity index (χ1) is 9.25. The lowest BCUT2D eigenvalue weighted by Gasteiger charge is -2.39. The van der Waals surface area contributed by atoms with Crippen LogP contribution < -0.4 is 5.32 Å². The van der Waals surface area contributed by atoms with Gasteiger partial charge in [0.1, 0.15) is 5.54 Å². The van der Waals surface area contributed by atoms with Gasteiger partial charge in [-0.05, 0) is 44.7 Å².